The van der Waals surface area contributed by atoms with Gasteiger partial charge < -0.3 is 4.52 Å². The van der Waals surface area contributed by atoms with Crippen LogP contribution in [0.15, 0.2) is 0 Å². The van der Waals surface area contributed by atoms with E-state index in [0.717, 1.165) is 0 Å². The normalized spacial score (nSPS) is 15.5. The molecule has 80 valence electrons. The topological polar surface area (TPSA) is 27.1 Å². The van der Waals surface area contributed by atoms with E-state index in [9.17, 15) is 0 Å². The van der Waals surface area contributed by atoms with E-state index in [1.165, 1.54) is 4.68 Å². The zero-order valence-corrected chi connectivity index (χ0v) is 11.5. The first-order chi connectivity index (χ1) is 6.40. The van der Waals surface area contributed by atoms with E-state index in [4.69, 9.17) is 50.8 Å². The van der Waals surface area contributed by atoms with Crippen molar-refractivity contribution in [2.75, 3.05) is 6.61 Å². The number of halogens is 3. The highest BCUT2D eigenvalue weighted by Crippen LogP contribution is 2.53. The molecule has 0 aromatic carbocycles. The molecule has 1 aromatic rings. The van der Waals surface area contributed by atoms with Gasteiger partial charge in [0.15, 0.2) is 5.44 Å². The third-order valence-electron chi connectivity index (χ3n) is 1.45. The Kier molecular flexibility index (Phi) is 4.27. The Morgan fingerprint density at radius 2 is 2.14 bits per heavy atom. The van der Waals surface area contributed by atoms with Crippen LogP contribution < -0.4 is 5.44 Å². The van der Waals surface area contributed by atoms with Crippen LogP contribution in [-0.2, 0) is 23.4 Å². The summed E-state index contributed by atoms with van der Waals surface area (Å²) in [5, 5.41) is 4.64. The Morgan fingerprint density at radius 1 is 1.57 bits per heavy atom. The van der Waals surface area contributed by atoms with Crippen molar-refractivity contribution in [1.82, 2.24) is 9.78 Å². The summed E-state index contributed by atoms with van der Waals surface area (Å²) in [5.41, 5.74) is -2.27. The molecule has 0 aliphatic rings. The van der Waals surface area contributed by atoms with Gasteiger partial charge in [-0.15, -0.1) is 0 Å². The molecule has 0 bridgehead atoms. The molecule has 0 spiro atoms. The number of hydrogen-bond donors (Lipinski definition) is 0. The van der Waals surface area contributed by atoms with E-state index in [2.05, 4.69) is 5.10 Å². The Morgan fingerprint density at radius 3 is 2.50 bits per heavy atom. The zero-order valence-electron chi connectivity index (χ0n) is 7.50. The lowest BCUT2D eigenvalue weighted by molar-refractivity contribution is 0.389. The summed E-state index contributed by atoms with van der Waals surface area (Å²) in [7, 11) is 1.66. The van der Waals surface area contributed by atoms with Crippen LogP contribution in [0, 0.1) is 0 Å². The molecule has 0 saturated heterocycles. The molecule has 1 unspecified atom stereocenters. The first-order valence-electron chi connectivity index (χ1n) is 3.73. The highest BCUT2D eigenvalue weighted by Gasteiger charge is 2.26. The quantitative estimate of drug-likeness (QED) is 0.802. The molecule has 0 saturated carbocycles. The molecule has 0 amide bonds. The third kappa shape index (κ3) is 2.43. The van der Waals surface area contributed by atoms with E-state index in [1.807, 2.05) is 6.92 Å². The molecule has 8 heteroatoms. The molecule has 0 aliphatic carbocycles. The molecule has 0 N–H and O–H groups in total. The van der Waals surface area contributed by atoms with Crippen LogP contribution >= 0.6 is 40.1 Å². The van der Waals surface area contributed by atoms with Crippen LogP contribution in [0.3, 0.4) is 0 Å². The third-order valence-corrected chi connectivity index (χ3v) is 5.49. The number of hydrogen-bond acceptors (Lipinski definition) is 3. The van der Waals surface area contributed by atoms with Crippen LogP contribution in [0.4, 0.5) is 0 Å². The average molecular weight is 294 g/mol. The van der Waals surface area contributed by atoms with E-state index < -0.39 is 5.62 Å². The van der Waals surface area contributed by atoms with Crippen LogP contribution in [0.2, 0.25) is 10.2 Å². The van der Waals surface area contributed by atoms with E-state index in [-0.39, 0.29) is 5.02 Å². The van der Waals surface area contributed by atoms with Crippen molar-refractivity contribution in [1.29, 1.82) is 0 Å². The maximum atomic E-state index is 6.04. The van der Waals surface area contributed by atoms with Gasteiger partial charge in [-0.2, -0.15) is 5.10 Å². The average Bonchev–Trinajstić information content (AvgIpc) is 2.33. The second-order valence-corrected chi connectivity index (χ2v) is 8.40. The number of aromatic nitrogens is 2. The minimum Gasteiger partial charge on any atom is -0.334 e. The van der Waals surface area contributed by atoms with Crippen molar-refractivity contribution in [3.05, 3.63) is 10.2 Å². The highest BCUT2D eigenvalue weighted by molar-refractivity contribution is 8.28. The van der Waals surface area contributed by atoms with Crippen molar-refractivity contribution in [2.24, 2.45) is 7.05 Å². The van der Waals surface area contributed by atoms with E-state index in [0.29, 0.717) is 17.2 Å². The van der Waals surface area contributed by atoms with Crippen molar-refractivity contribution in [3.63, 3.8) is 0 Å². The first kappa shape index (κ1) is 12.8. The summed E-state index contributed by atoms with van der Waals surface area (Å²) in [4.78, 5) is 0. The summed E-state index contributed by atoms with van der Waals surface area (Å²) in [5.74, 6) is 0. The van der Waals surface area contributed by atoms with Crippen LogP contribution in [-0.4, -0.2) is 16.4 Å². The lowest BCUT2D eigenvalue weighted by atomic mass is 10.7. The maximum absolute atomic E-state index is 6.04. The summed E-state index contributed by atoms with van der Waals surface area (Å²) in [6, 6.07) is 0. The first-order valence-corrected chi connectivity index (χ1v) is 8.11. The molecular formula is C6H8Cl3N2OPS. The Hall–Kier alpha value is 0.690. The number of rotatable bonds is 3. The monoisotopic (exact) mass is 292 g/mol. The molecule has 1 rings (SSSR count). The highest BCUT2D eigenvalue weighted by atomic mass is 35.7. The maximum Gasteiger partial charge on any atom is 0.202 e. The van der Waals surface area contributed by atoms with Gasteiger partial charge in [-0.05, 0) is 30.0 Å². The van der Waals surface area contributed by atoms with Crippen LogP contribution in [0.1, 0.15) is 6.92 Å². The molecule has 1 aromatic heterocycles. The largest absolute Gasteiger partial charge is 0.334 e. The second-order valence-electron chi connectivity index (χ2n) is 2.45. The molecule has 1 atom stereocenters. The minimum absolute atomic E-state index is 0.279. The van der Waals surface area contributed by atoms with Gasteiger partial charge in [-0.3, -0.25) is 4.68 Å². The van der Waals surface area contributed by atoms with E-state index in [1.54, 1.807) is 7.05 Å². The van der Waals surface area contributed by atoms with Gasteiger partial charge in [0.25, 0.3) is 0 Å². The van der Waals surface area contributed by atoms with Crippen LogP contribution in [0.25, 0.3) is 0 Å². The van der Waals surface area contributed by atoms with Gasteiger partial charge in [0.05, 0.1) is 6.61 Å². The SMILES string of the molecule is CCOP(=S)(Cl)c1nn(C)c(Cl)c1Cl. The van der Waals surface area contributed by atoms with Crippen LogP contribution in [0.5, 0.6) is 0 Å². The smallest absolute Gasteiger partial charge is 0.202 e. The van der Waals surface area contributed by atoms with Gasteiger partial charge in [-0.25, -0.2) is 0 Å². The van der Waals surface area contributed by atoms with Gasteiger partial charge in [0.2, 0.25) is 5.62 Å². The van der Waals surface area contributed by atoms with Crippen molar-refractivity contribution >= 4 is 57.3 Å². The summed E-state index contributed by atoms with van der Waals surface area (Å²) >= 11 is 22.9. The van der Waals surface area contributed by atoms with Crippen molar-refractivity contribution in [2.45, 2.75) is 6.92 Å². The zero-order chi connectivity index (χ0) is 10.9. The molecule has 1 heterocycles. The summed E-state index contributed by atoms with van der Waals surface area (Å²) in [6.45, 7) is 2.23. The standard InChI is InChI=1S/C6H8Cl3N2OPS/c1-3-12-13(9,14)6-4(7)5(8)11(2)10-6/h3H2,1-2H3. The lowest BCUT2D eigenvalue weighted by Gasteiger charge is -2.10. The Balaban J connectivity index is 3.19. The molecular weight excluding hydrogens is 285 g/mol. The molecule has 0 fully saturated rings. The fourth-order valence-corrected chi connectivity index (χ4v) is 4.24. The molecule has 0 radical (unpaired) electrons. The minimum atomic E-state index is -2.63. The Labute approximate surface area is 102 Å². The van der Waals surface area contributed by atoms with Crippen molar-refractivity contribution in [3.8, 4) is 0 Å². The van der Waals surface area contributed by atoms with Gasteiger partial charge >= 0.3 is 0 Å². The number of aryl methyl sites for hydroxylation is 1. The Bertz CT molecular complexity index is 395. The predicted molar refractivity (Wildman–Crippen MR) is 64.6 cm³/mol. The number of nitrogens with zero attached hydrogens (tertiary/aromatic N) is 2. The van der Waals surface area contributed by atoms with Gasteiger partial charge in [0, 0.05) is 7.05 Å². The molecule has 0 aliphatic heterocycles. The van der Waals surface area contributed by atoms with Crippen molar-refractivity contribution < 1.29 is 4.52 Å². The predicted octanol–water partition coefficient (Wildman–Crippen LogP) is 2.94. The fraction of sp³-hybridized carbons (Fsp3) is 0.500. The summed E-state index contributed by atoms with van der Waals surface area (Å²) < 4.78 is 6.66. The second kappa shape index (κ2) is 4.69. The van der Waals surface area contributed by atoms with E-state index >= 15 is 0 Å². The van der Waals surface area contributed by atoms with Gasteiger partial charge in [0.1, 0.15) is 10.2 Å². The molecule has 14 heavy (non-hydrogen) atoms. The summed E-state index contributed by atoms with van der Waals surface area (Å²) in [6.07, 6.45) is 0. The van der Waals surface area contributed by atoms with Gasteiger partial charge in [-0.1, -0.05) is 23.2 Å². The lowest BCUT2D eigenvalue weighted by Crippen LogP contribution is -2.07. The fourth-order valence-electron chi connectivity index (χ4n) is 0.862. The molecule has 3 nitrogen and oxygen atoms in total.